The van der Waals surface area contributed by atoms with Crippen LogP contribution in [0.5, 0.6) is 0 Å². The van der Waals surface area contributed by atoms with Gasteiger partial charge in [-0.1, -0.05) is 12.1 Å². The van der Waals surface area contributed by atoms with Crippen LogP contribution in [0, 0.1) is 0 Å². The Kier molecular flexibility index (Phi) is 6.16. The molecule has 0 radical (unpaired) electrons. The Morgan fingerprint density at radius 2 is 1.88 bits per heavy atom. The van der Waals surface area contributed by atoms with Crippen LogP contribution in [0.2, 0.25) is 0 Å². The Hall–Kier alpha value is -2.93. The fourth-order valence-corrected chi connectivity index (χ4v) is 2.84. The summed E-state index contributed by atoms with van der Waals surface area (Å²) in [4.78, 5) is 28.0. The molecule has 2 aromatic rings. The second-order valence-corrected chi connectivity index (χ2v) is 6.23. The van der Waals surface area contributed by atoms with Crippen molar-refractivity contribution in [3.8, 4) is 0 Å². The Balaban J connectivity index is 1.47. The number of carbonyl (C=O) groups is 2. The van der Waals surface area contributed by atoms with E-state index >= 15 is 0 Å². The van der Waals surface area contributed by atoms with Crippen molar-refractivity contribution < 1.29 is 9.59 Å². The molecule has 3 rings (SSSR count). The molecule has 1 atom stereocenters. The van der Waals surface area contributed by atoms with Gasteiger partial charge in [0.15, 0.2) is 0 Å². The zero-order valence-corrected chi connectivity index (χ0v) is 14.5. The largest absolute Gasteiger partial charge is 0.351 e. The number of pyridine rings is 1. The fraction of sp³-hybridized carbons (Fsp3) is 0.316. The molecule has 0 aliphatic carbocycles. The molecule has 1 saturated heterocycles. The molecular weight excluding hydrogens is 330 g/mol. The molecule has 136 valence electrons. The molecule has 1 aromatic heterocycles. The Labute approximate surface area is 152 Å². The highest BCUT2D eigenvalue weighted by Gasteiger charge is 2.21. The minimum atomic E-state index is -0.279. The Morgan fingerprint density at radius 3 is 2.65 bits per heavy atom. The summed E-state index contributed by atoms with van der Waals surface area (Å²) in [6.45, 7) is 1.76. The topological polar surface area (TPSA) is 95.2 Å². The molecule has 1 fully saturated rings. The highest BCUT2D eigenvalue weighted by molar-refractivity contribution is 5.89. The predicted octanol–water partition coefficient (Wildman–Crippen LogP) is 1.77. The number of urea groups is 1. The SMILES string of the molecule is O=C(NCc1ccncc1)Nc1cccc(CNC(=O)C2CCCN2)c1. The third-order valence-corrected chi connectivity index (χ3v) is 4.23. The summed E-state index contributed by atoms with van der Waals surface area (Å²) in [5, 5.41) is 11.7. The monoisotopic (exact) mass is 353 g/mol. The van der Waals surface area contributed by atoms with Gasteiger partial charge in [0, 0.05) is 31.2 Å². The van der Waals surface area contributed by atoms with E-state index in [0.29, 0.717) is 18.8 Å². The number of nitrogens with one attached hydrogen (secondary N) is 4. The zero-order chi connectivity index (χ0) is 18.2. The highest BCUT2D eigenvalue weighted by atomic mass is 16.2. The number of rotatable bonds is 6. The van der Waals surface area contributed by atoms with E-state index in [1.54, 1.807) is 12.4 Å². The molecule has 1 unspecified atom stereocenters. The third-order valence-electron chi connectivity index (χ3n) is 4.23. The summed E-state index contributed by atoms with van der Waals surface area (Å²) in [5.41, 5.74) is 2.60. The van der Waals surface area contributed by atoms with Crippen LogP contribution in [-0.2, 0) is 17.9 Å². The second kappa shape index (κ2) is 8.96. The zero-order valence-electron chi connectivity index (χ0n) is 14.5. The molecule has 0 bridgehead atoms. The number of aromatic nitrogens is 1. The average Bonchev–Trinajstić information content (AvgIpc) is 3.20. The van der Waals surface area contributed by atoms with Crippen molar-refractivity contribution in [1.29, 1.82) is 0 Å². The van der Waals surface area contributed by atoms with Crippen LogP contribution >= 0.6 is 0 Å². The van der Waals surface area contributed by atoms with Crippen molar-refractivity contribution in [2.24, 2.45) is 0 Å². The molecular formula is C19H23N5O2. The van der Waals surface area contributed by atoms with Crippen LogP contribution in [0.1, 0.15) is 24.0 Å². The van der Waals surface area contributed by atoms with Crippen LogP contribution in [0.4, 0.5) is 10.5 Å². The summed E-state index contributed by atoms with van der Waals surface area (Å²) in [7, 11) is 0. The van der Waals surface area contributed by atoms with Gasteiger partial charge >= 0.3 is 6.03 Å². The van der Waals surface area contributed by atoms with Gasteiger partial charge in [0.1, 0.15) is 0 Å². The van der Waals surface area contributed by atoms with E-state index in [4.69, 9.17) is 0 Å². The van der Waals surface area contributed by atoms with Gasteiger partial charge in [-0.25, -0.2) is 4.79 Å². The summed E-state index contributed by atoms with van der Waals surface area (Å²) in [6, 6.07) is 10.8. The van der Waals surface area contributed by atoms with Crippen molar-refractivity contribution in [1.82, 2.24) is 20.9 Å². The van der Waals surface area contributed by atoms with Crippen LogP contribution in [-0.4, -0.2) is 29.5 Å². The number of anilines is 1. The maximum absolute atomic E-state index is 12.0. The molecule has 1 aliphatic rings. The molecule has 0 spiro atoms. The minimum absolute atomic E-state index is 0.0240. The molecule has 0 saturated carbocycles. The first kappa shape index (κ1) is 17.9. The van der Waals surface area contributed by atoms with E-state index in [9.17, 15) is 9.59 Å². The molecule has 1 aliphatic heterocycles. The lowest BCUT2D eigenvalue weighted by Gasteiger charge is -2.12. The lowest BCUT2D eigenvalue weighted by molar-refractivity contribution is -0.122. The molecule has 26 heavy (non-hydrogen) atoms. The van der Waals surface area contributed by atoms with E-state index in [-0.39, 0.29) is 18.0 Å². The normalized spacial score (nSPS) is 16.1. The van der Waals surface area contributed by atoms with Crippen molar-refractivity contribution >= 4 is 17.6 Å². The quantitative estimate of drug-likeness (QED) is 0.636. The first-order valence-electron chi connectivity index (χ1n) is 8.74. The van der Waals surface area contributed by atoms with Gasteiger partial charge in [0.25, 0.3) is 0 Å². The summed E-state index contributed by atoms with van der Waals surface area (Å²) in [6.07, 6.45) is 5.29. The lowest BCUT2D eigenvalue weighted by Crippen LogP contribution is -2.40. The van der Waals surface area contributed by atoms with Crippen LogP contribution in [0.15, 0.2) is 48.8 Å². The predicted molar refractivity (Wildman–Crippen MR) is 99.4 cm³/mol. The second-order valence-electron chi connectivity index (χ2n) is 6.23. The smallest absolute Gasteiger partial charge is 0.319 e. The minimum Gasteiger partial charge on any atom is -0.351 e. The first-order valence-corrected chi connectivity index (χ1v) is 8.74. The molecule has 2 heterocycles. The number of amides is 3. The van der Waals surface area contributed by atoms with Gasteiger partial charge in [0.2, 0.25) is 5.91 Å². The number of carbonyl (C=O) groups excluding carboxylic acids is 2. The van der Waals surface area contributed by atoms with Crippen LogP contribution in [0.25, 0.3) is 0 Å². The maximum atomic E-state index is 12.0. The molecule has 1 aromatic carbocycles. The van der Waals surface area contributed by atoms with Gasteiger partial charge in [-0.3, -0.25) is 9.78 Å². The van der Waals surface area contributed by atoms with E-state index < -0.39 is 0 Å². The Morgan fingerprint density at radius 1 is 1.08 bits per heavy atom. The van der Waals surface area contributed by atoms with E-state index in [0.717, 1.165) is 30.5 Å². The van der Waals surface area contributed by atoms with Gasteiger partial charge in [-0.05, 0) is 54.8 Å². The molecule has 3 amide bonds. The summed E-state index contributed by atoms with van der Waals surface area (Å²) >= 11 is 0. The lowest BCUT2D eigenvalue weighted by atomic mass is 10.2. The molecule has 4 N–H and O–H groups in total. The third kappa shape index (κ3) is 5.29. The van der Waals surface area contributed by atoms with E-state index in [1.165, 1.54) is 0 Å². The van der Waals surface area contributed by atoms with Gasteiger partial charge < -0.3 is 21.3 Å². The molecule has 7 nitrogen and oxygen atoms in total. The fourth-order valence-electron chi connectivity index (χ4n) is 2.84. The van der Waals surface area contributed by atoms with Gasteiger partial charge in [-0.2, -0.15) is 0 Å². The van der Waals surface area contributed by atoms with Crippen molar-refractivity contribution in [3.63, 3.8) is 0 Å². The standard InChI is InChI=1S/C19H23N5O2/c25-18(17-5-2-8-21-17)22-13-15-3-1-4-16(11-15)24-19(26)23-12-14-6-9-20-10-7-14/h1,3-4,6-7,9-11,17,21H,2,5,8,12-13H2,(H,22,25)(H2,23,24,26). The number of hydrogen-bond donors (Lipinski definition) is 4. The molecule has 7 heteroatoms. The highest BCUT2D eigenvalue weighted by Crippen LogP contribution is 2.11. The van der Waals surface area contributed by atoms with Crippen molar-refractivity contribution in [3.05, 3.63) is 59.9 Å². The average molecular weight is 353 g/mol. The van der Waals surface area contributed by atoms with E-state index in [2.05, 4.69) is 26.3 Å². The Bertz CT molecular complexity index is 745. The number of hydrogen-bond acceptors (Lipinski definition) is 4. The summed E-state index contributed by atoms with van der Waals surface area (Å²) in [5.74, 6) is 0.0240. The maximum Gasteiger partial charge on any atom is 0.319 e. The van der Waals surface area contributed by atoms with Gasteiger partial charge in [-0.15, -0.1) is 0 Å². The number of benzene rings is 1. The van der Waals surface area contributed by atoms with Gasteiger partial charge in [0.05, 0.1) is 6.04 Å². The first-order chi connectivity index (χ1) is 12.7. The van der Waals surface area contributed by atoms with Crippen LogP contribution in [0.3, 0.4) is 0 Å². The van der Waals surface area contributed by atoms with Crippen LogP contribution < -0.4 is 21.3 Å². The number of nitrogens with zero attached hydrogens (tertiary/aromatic N) is 1. The van der Waals surface area contributed by atoms with E-state index in [1.807, 2.05) is 36.4 Å². The summed E-state index contributed by atoms with van der Waals surface area (Å²) < 4.78 is 0. The van der Waals surface area contributed by atoms with Crippen molar-refractivity contribution in [2.45, 2.75) is 32.0 Å². The van der Waals surface area contributed by atoms with Crippen molar-refractivity contribution in [2.75, 3.05) is 11.9 Å².